The van der Waals surface area contributed by atoms with Crippen molar-refractivity contribution in [3.8, 4) is 0 Å². The third-order valence-electron chi connectivity index (χ3n) is 5.12. The fourth-order valence-electron chi connectivity index (χ4n) is 3.73. The monoisotopic (exact) mass is 290 g/mol. The van der Waals surface area contributed by atoms with E-state index < -0.39 is 0 Å². The summed E-state index contributed by atoms with van der Waals surface area (Å²) in [6.07, 6.45) is 10.0. The van der Waals surface area contributed by atoms with Crippen molar-refractivity contribution in [3.63, 3.8) is 0 Å². The Kier molecular flexibility index (Phi) is 4.77. The second-order valence-electron chi connectivity index (χ2n) is 6.48. The highest BCUT2D eigenvalue weighted by molar-refractivity contribution is 5.42. The first kappa shape index (κ1) is 15.1. The van der Waals surface area contributed by atoms with Crippen LogP contribution in [0.15, 0.2) is 72.3 Å². The summed E-state index contributed by atoms with van der Waals surface area (Å²) in [5.41, 5.74) is 4.77. The Morgan fingerprint density at radius 2 is 1.45 bits per heavy atom. The molecule has 2 aromatic rings. The van der Waals surface area contributed by atoms with Gasteiger partial charge in [0, 0.05) is 5.41 Å². The Balaban J connectivity index is 1.95. The molecule has 0 heteroatoms. The van der Waals surface area contributed by atoms with Gasteiger partial charge in [0.2, 0.25) is 0 Å². The van der Waals surface area contributed by atoms with E-state index in [-0.39, 0.29) is 5.41 Å². The maximum atomic E-state index is 2.53. The van der Waals surface area contributed by atoms with E-state index in [0.717, 1.165) is 6.42 Å². The minimum Gasteiger partial charge on any atom is -0.0841 e. The number of hydrogen-bond acceptors (Lipinski definition) is 0. The molecule has 3 rings (SSSR count). The van der Waals surface area contributed by atoms with Crippen LogP contribution in [0.4, 0.5) is 0 Å². The number of hydrogen-bond donors (Lipinski definition) is 0. The van der Waals surface area contributed by atoms with Crippen molar-refractivity contribution in [2.75, 3.05) is 0 Å². The molecule has 1 aliphatic carbocycles. The first-order valence-electron chi connectivity index (χ1n) is 8.64. The van der Waals surface area contributed by atoms with Crippen LogP contribution < -0.4 is 0 Å². The highest BCUT2D eigenvalue weighted by Crippen LogP contribution is 2.44. The van der Waals surface area contributed by atoms with Crippen LogP contribution in [-0.4, -0.2) is 0 Å². The largest absolute Gasteiger partial charge is 0.0841 e. The molecule has 2 aromatic carbocycles. The zero-order valence-electron chi connectivity index (χ0n) is 13.6. The molecule has 0 bridgehead atoms. The molecule has 0 radical (unpaired) electrons. The van der Waals surface area contributed by atoms with E-state index in [4.69, 9.17) is 0 Å². The van der Waals surface area contributed by atoms with Crippen LogP contribution in [0.5, 0.6) is 0 Å². The predicted octanol–water partition coefficient (Wildman–Crippen LogP) is 6.27. The van der Waals surface area contributed by atoms with Crippen LogP contribution in [0, 0.1) is 0 Å². The lowest BCUT2D eigenvalue weighted by atomic mass is 9.66. The minimum absolute atomic E-state index is 0.165. The molecule has 0 unspecified atom stereocenters. The quantitative estimate of drug-likeness (QED) is 0.569. The van der Waals surface area contributed by atoms with Gasteiger partial charge in [0.1, 0.15) is 0 Å². The van der Waals surface area contributed by atoms with Crippen LogP contribution in [0.1, 0.15) is 56.6 Å². The van der Waals surface area contributed by atoms with Crippen molar-refractivity contribution in [2.24, 2.45) is 0 Å². The van der Waals surface area contributed by atoms with Gasteiger partial charge in [0.25, 0.3) is 0 Å². The Hall–Kier alpha value is -1.82. The van der Waals surface area contributed by atoms with Gasteiger partial charge in [0.05, 0.1) is 0 Å². The van der Waals surface area contributed by atoms with E-state index >= 15 is 0 Å². The molecule has 22 heavy (non-hydrogen) atoms. The molecule has 0 spiro atoms. The Bertz CT molecular complexity index is 568. The highest BCUT2D eigenvalue weighted by atomic mass is 14.4. The van der Waals surface area contributed by atoms with Gasteiger partial charge in [-0.1, -0.05) is 85.7 Å². The molecule has 1 aliphatic rings. The summed E-state index contributed by atoms with van der Waals surface area (Å²) in [6, 6.07) is 22.2. The highest BCUT2D eigenvalue weighted by Gasteiger charge is 2.35. The fourth-order valence-corrected chi connectivity index (χ4v) is 3.73. The van der Waals surface area contributed by atoms with E-state index in [1.807, 2.05) is 0 Å². The smallest absolute Gasteiger partial charge is 0.0240 e. The topological polar surface area (TPSA) is 0 Å². The molecule has 0 nitrogen and oxygen atoms in total. The van der Waals surface area contributed by atoms with E-state index in [9.17, 15) is 0 Å². The molecule has 0 atom stereocenters. The third kappa shape index (κ3) is 3.02. The molecule has 0 amide bonds. The van der Waals surface area contributed by atoms with Crippen molar-refractivity contribution in [1.82, 2.24) is 0 Å². The van der Waals surface area contributed by atoms with E-state index in [1.54, 1.807) is 5.57 Å². The average molecular weight is 290 g/mol. The number of benzene rings is 2. The maximum absolute atomic E-state index is 2.53. The van der Waals surface area contributed by atoms with Crippen LogP contribution in [-0.2, 0) is 5.41 Å². The summed E-state index contributed by atoms with van der Waals surface area (Å²) in [7, 11) is 0. The average Bonchev–Trinajstić information content (AvgIpc) is 2.62. The lowest BCUT2D eigenvalue weighted by Crippen LogP contribution is -2.29. The molecule has 0 aliphatic heterocycles. The molecule has 114 valence electrons. The summed E-state index contributed by atoms with van der Waals surface area (Å²) in [6.45, 7) is 2.28. The molecular formula is C22H26. The van der Waals surface area contributed by atoms with Gasteiger partial charge in [-0.05, 0) is 43.2 Å². The lowest BCUT2D eigenvalue weighted by Gasteiger charge is -2.38. The molecule has 0 saturated heterocycles. The van der Waals surface area contributed by atoms with Gasteiger partial charge in [-0.15, -0.1) is 0 Å². The Morgan fingerprint density at radius 3 is 1.91 bits per heavy atom. The van der Waals surface area contributed by atoms with Gasteiger partial charge < -0.3 is 0 Å². The zero-order valence-corrected chi connectivity index (χ0v) is 13.6. The summed E-state index contributed by atoms with van der Waals surface area (Å²) in [5.74, 6) is 0. The maximum Gasteiger partial charge on any atom is 0.0240 e. The first-order valence-corrected chi connectivity index (χ1v) is 8.64. The summed E-state index contributed by atoms with van der Waals surface area (Å²) >= 11 is 0. The van der Waals surface area contributed by atoms with E-state index in [0.29, 0.717) is 0 Å². The molecule has 0 N–H and O–H groups in total. The summed E-state index contributed by atoms with van der Waals surface area (Å²) < 4.78 is 0. The van der Waals surface area contributed by atoms with E-state index in [1.165, 1.54) is 43.2 Å². The van der Waals surface area contributed by atoms with Crippen molar-refractivity contribution in [2.45, 2.75) is 50.9 Å². The normalized spacial score (nSPS) is 17.0. The second kappa shape index (κ2) is 6.96. The summed E-state index contributed by atoms with van der Waals surface area (Å²) in [5, 5.41) is 0. The first-order chi connectivity index (χ1) is 10.8. The molecule has 0 heterocycles. The van der Waals surface area contributed by atoms with Gasteiger partial charge in [-0.2, -0.15) is 0 Å². The summed E-state index contributed by atoms with van der Waals surface area (Å²) in [4.78, 5) is 0. The van der Waals surface area contributed by atoms with Gasteiger partial charge in [-0.3, -0.25) is 0 Å². The third-order valence-corrected chi connectivity index (χ3v) is 5.12. The molecule has 0 fully saturated rings. The molecular weight excluding hydrogens is 264 g/mol. The van der Waals surface area contributed by atoms with Crippen molar-refractivity contribution < 1.29 is 0 Å². The second-order valence-corrected chi connectivity index (χ2v) is 6.48. The SMILES string of the molecule is CCCCC1=CCC(c2ccccc2)(c2ccccc2)CC1. The van der Waals surface area contributed by atoms with E-state index in [2.05, 4.69) is 73.7 Å². The minimum atomic E-state index is 0.165. The van der Waals surface area contributed by atoms with Crippen molar-refractivity contribution in [3.05, 3.63) is 83.4 Å². The van der Waals surface area contributed by atoms with Gasteiger partial charge in [0.15, 0.2) is 0 Å². The van der Waals surface area contributed by atoms with Crippen molar-refractivity contribution in [1.29, 1.82) is 0 Å². The Morgan fingerprint density at radius 1 is 0.864 bits per heavy atom. The fraction of sp³-hybridized carbons (Fsp3) is 0.364. The molecule has 0 aromatic heterocycles. The Labute approximate surface area is 134 Å². The van der Waals surface area contributed by atoms with Gasteiger partial charge in [-0.25, -0.2) is 0 Å². The molecule has 0 saturated carbocycles. The number of allylic oxidation sites excluding steroid dienone is 2. The predicted molar refractivity (Wildman–Crippen MR) is 95.1 cm³/mol. The van der Waals surface area contributed by atoms with Crippen LogP contribution in [0.3, 0.4) is 0 Å². The van der Waals surface area contributed by atoms with Gasteiger partial charge >= 0.3 is 0 Å². The van der Waals surface area contributed by atoms with Crippen LogP contribution in [0.25, 0.3) is 0 Å². The lowest BCUT2D eigenvalue weighted by molar-refractivity contribution is 0.448. The number of rotatable bonds is 5. The van der Waals surface area contributed by atoms with Crippen LogP contribution >= 0.6 is 0 Å². The number of unbranched alkanes of at least 4 members (excludes halogenated alkanes) is 1. The van der Waals surface area contributed by atoms with Crippen LogP contribution in [0.2, 0.25) is 0 Å². The standard InChI is InChI=1S/C22H26/c1-2-3-10-19-15-17-22(18-16-19,20-11-6-4-7-12-20)21-13-8-5-9-14-21/h4-9,11-15H,2-3,10,16-18H2,1H3. The van der Waals surface area contributed by atoms with Crippen molar-refractivity contribution >= 4 is 0 Å². The zero-order chi connectivity index (χ0) is 15.3.